The topological polar surface area (TPSA) is 33.5 Å². The fourth-order valence-electron chi connectivity index (χ4n) is 3.78. The largest absolute Gasteiger partial charge is 0.492 e. The van der Waals surface area contributed by atoms with E-state index < -0.39 is 0 Å². The first-order valence-electron chi connectivity index (χ1n) is 9.94. The smallest absolute Gasteiger partial charge is 0.119 e. The van der Waals surface area contributed by atoms with Gasteiger partial charge in [-0.05, 0) is 17.7 Å². The molecule has 1 unspecified atom stereocenters. The zero-order chi connectivity index (χ0) is 19.2. The minimum absolute atomic E-state index is 0.264. The predicted molar refractivity (Wildman–Crippen MR) is 111 cm³/mol. The van der Waals surface area contributed by atoms with Gasteiger partial charge >= 0.3 is 0 Å². The van der Waals surface area contributed by atoms with E-state index in [4.69, 9.17) is 4.74 Å². The molecule has 0 bridgehead atoms. The molecule has 1 aliphatic heterocycles. The van der Waals surface area contributed by atoms with E-state index >= 15 is 0 Å². The van der Waals surface area contributed by atoms with Gasteiger partial charge in [0.15, 0.2) is 0 Å². The summed E-state index contributed by atoms with van der Waals surface area (Å²) in [5, 5.41) is 0. The average molecular weight is 377 g/mol. The van der Waals surface area contributed by atoms with Crippen molar-refractivity contribution in [3.05, 3.63) is 84.4 Å². The summed E-state index contributed by atoms with van der Waals surface area (Å²) in [4.78, 5) is 9.29. The van der Waals surface area contributed by atoms with E-state index in [1.165, 1.54) is 11.3 Å². The highest BCUT2D eigenvalue weighted by Gasteiger charge is 2.26. The number of ether oxygens (including phenoxy) is 1. The van der Waals surface area contributed by atoms with Crippen LogP contribution in [0, 0.1) is 0 Å². The molecule has 3 aromatic rings. The molecule has 2 aromatic carbocycles. The minimum Gasteiger partial charge on any atom is -0.492 e. The standard InChI is InChI=1S/C23H28N4O/c1-25-19-24-16-21(25)17-26-12-14-27(15-13-26)23(20-8-4-2-5-9-20)18-28-22-10-6-3-7-11-22/h2-11,16,19,23H,12-15,17-18H2,1H3. The van der Waals surface area contributed by atoms with Gasteiger partial charge in [-0.15, -0.1) is 0 Å². The number of para-hydroxylation sites is 1. The maximum Gasteiger partial charge on any atom is 0.119 e. The van der Waals surface area contributed by atoms with Crippen LogP contribution >= 0.6 is 0 Å². The molecule has 28 heavy (non-hydrogen) atoms. The number of benzene rings is 2. The number of hydrogen-bond acceptors (Lipinski definition) is 4. The van der Waals surface area contributed by atoms with Crippen LogP contribution in [0.25, 0.3) is 0 Å². The van der Waals surface area contributed by atoms with Crippen LogP contribution in [0.15, 0.2) is 73.2 Å². The lowest BCUT2D eigenvalue weighted by atomic mass is 10.0. The third-order valence-corrected chi connectivity index (χ3v) is 5.49. The Hall–Kier alpha value is -2.63. The summed E-state index contributed by atoms with van der Waals surface area (Å²) in [6.07, 6.45) is 3.84. The Bertz CT molecular complexity index is 841. The summed E-state index contributed by atoms with van der Waals surface area (Å²) in [5.41, 5.74) is 2.58. The molecule has 0 aliphatic carbocycles. The Balaban J connectivity index is 1.40. The third kappa shape index (κ3) is 4.61. The van der Waals surface area contributed by atoms with Crippen LogP contribution in [0.4, 0.5) is 0 Å². The van der Waals surface area contributed by atoms with Gasteiger partial charge < -0.3 is 9.30 Å². The van der Waals surface area contributed by atoms with Crippen molar-refractivity contribution in [2.24, 2.45) is 7.05 Å². The van der Waals surface area contributed by atoms with Gasteiger partial charge in [-0.25, -0.2) is 4.98 Å². The summed E-state index contributed by atoms with van der Waals surface area (Å²) in [6, 6.07) is 21.1. The lowest BCUT2D eigenvalue weighted by molar-refractivity contribution is 0.0669. The molecule has 1 aliphatic rings. The molecule has 146 valence electrons. The Morgan fingerprint density at radius 1 is 0.929 bits per heavy atom. The molecule has 0 saturated carbocycles. The lowest BCUT2D eigenvalue weighted by Crippen LogP contribution is -2.48. The second-order valence-corrected chi connectivity index (χ2v) is 7.36. The Morgan fingerprint density at radius 3 is 2.25 bits per heavy atom. The summed E-state index contributed by atoms with van der Waals surface area (Å²) < 4.78 is 8.24. The van der Waals surface area contributed by atoms with Gasteiger partial charge in [0.2, 0.25) is 0 Å². The molecule has 4 rings (SSSR count). The molecule has 0 spiro atoms. The van der Waals surface area contributed by atoms with Crippen LogP contribution in [-0.2, 0) is 13.6 Å². The predicted octanol–water partition coefficient (Wildman–Crippen LogP) is 3.36. The van der Waals surface area contributed by atoms with Gasteiger partial charge in [0.1, 0.15) is 12.4 Å². The van der Waals surface area contributed by atoms with E-state index in [2.05, 4.69) is 56.7 Å². The highest BCUT2D eigenvalue weighted by Crippen LogP contribution is 2.24. The molecule has 1 saturated heterocycles. The van der Waals surface area contributed by atoms with E-state index in [0.717, 1.165) is 38.5 Å². The molecular weight excluding hydrogens is 348 g/mol. The summed E-state index contributed by atoms with van der Waals surface area (Å²) in [5.74, 6) is 0.929. The quantitative estimate of drug-likeness (QED) is 0.633. The zero-order valence-electron chi connectivity index (χ0n) is 16.4. The second kappa shape index (κ2) is 9.04. The van der Waals surface area contributed by atoms with Crippen LogP contribution in [-0.4, -0.2) is 52.1 Å². The van der Waals surface area contributed by atoms with Gasteiger partial charge in [-0.3, -0.25) is 9.80 Å². The molecule has 2 heterocycles. The molecule has 0 amide bonds. The van der Waals surface area contributed by atoms with Crippen LogP contribution < -0.4 is 4.74 Å². The second-order valence-electron chi connectivity index (χ2n) is 7.36. The number of nitrogens with zero attached hydrogens (tertiary/aromatic N) is 4. The normalized spacial score (nSPS) is 16.8. The third-order valence-electron chi connectivity index (χ3n) is 5.49. The van der Waals surface area contributed by atoms with Crippen molar-refractivity contribution in [1.29, 1.82) is 0 Å². The number of aryl methyl sites for hydroxylation is 1. The Morgan fingerprint density at radius 2 is 1.61 bits per heavy atom. The van der Waals surface area contributed by atoms with Crippen LogP contribution in [0.1, 0.15) is 17.3 Å². The monoisotopic (exact) mass is 376 g/mol. The summed E-state index contributed by atoms with van der Waals surface area (Å²) in [7, 11) is 2.06. The fourth-order valence-corrected chi connectivity index (χ4v) is 3.78. The first-order valence-corrected chi connectivity index (χ1v) is 9.94. The fraction of sp³-hybridized carbons (Fsp3) is 0.348. The number of piperazine rings is 1. The number of aromatic nitrogens is 2. The van der Waals surface area contributed by atoms with Crippen molar-refractivity contribution >= 4 is 0 Å². The van der Waals surface area contributed by atoms with Crippen molar-refractivity contribution in [1.82, 2.24) is 19.4 Å². The Labute approximate surface area is 167 Å². The summed E-state index contributed by atoms with van der Waals surface area (Å²) >= 11 is 0. The molecule has 0 radical (unpaired) electrons. The minimum atomic E-state index is 0.264. The number of rotatable bonds is 7. The molecule has 1 aromatic heterocycles. The molecular formula is C23H28N4O. The van der Waals surface area contributed by atoms with E-state index in [9.17, 15) is 0 Å². The SMILES string of the molecule is Cn1cncc1CN1CCN(C(COc2ccccc2)c2ccccc2)CC1. The highest BCUT2D eigenvalue weighted by molar-refractivity contribution is 5.23. The molecule has 1 atom stereocenters. The van der Waals surface area contributed by atoms with Crippen molar-refractivity contribution < 1.29 is 4.74 Å². The van der Waals surface area contributed by atoms with E-state index in [-0.39, 0.29) is 6.04 Å². The van der Waals surface area contributed by atoms with Gasteiger partial charge in [0, 0.05) is 46.0 Å². The zero-order valence-corrected chi connectivity index (χ0v) is 16.4. The van der Waals surface area contributed by atoms with Crippen LogP contribution in [0.5, 0.6) is 5.75 Å². The van der Waals surface area contributed by atoms with Gasteiger partial charge in [-0.2, -0.15) is 0 Å². The van der Waals surface area contributed by atoms with Crippen molar-refractivity contribution in [3.8, 4) is 5.75 Å². The summed E-state index contributed by atoms with van der Waals surface area (Å²) in [6.45, 7) is 5.81. The maximum absolute atomic E-state index is 6.14. The Kier molecular flexibility index (Phi) is 6.04. The molecule has 1 fully saturated rings. The number of imidazole rings is 1. The van der Waals surface area contributed by atoms with Crippen molar-refractivity contribution in [3.63, 3.8) is 0 Å². The van der Waals surface area contributed by atoms with E-state index in [1.807, 2.05) is 42.9 Å². The van der Waals surface area contributed by atoms with Crippen molar-refractivity contribution in [2.45, 2.75) is 12.6 Å². The molecule has 0 N–H and O–H groups in total. The lowest BCUT2D eigenvalue weighted by Gasteiger charge is -2.39. The van der Waals surface area contributed by atoms with E-state index in [0.29, 0.717) is 6.61 Å². The van der Waals surface area contributed by atoms with Crippen molar-refractivity contribution in [2.75, 3.05) is 32.8 Å². The first kappa shape index (κ1) is 18.7. The highest BCUT2D eigenvalue weighted by atomic mass is 16.5. The van der Waals surface area contributed by atoms with Crippen LogP contribution in [0.2, 0.25) is 0 Å². The van der Waals surface area contributed by atoms with Gasteiger partial charge in [0.25, 0.3) is 0 Å². The maximum atomic E-state index is 6.14. The van der Waals surface area contributed by atoms with E-state index in [1.54, 1.807) is 0 Å². The van der Waals surface area contributed by atoms with Gasteiger partial charge in [-0.1, -0.05) is 48.5 Å². The van der Waals surface area contributed by atoms with Gasteiger partial charge in [0.05, 0.1) is 18.1 Å². The number of hydrogen-bond donors (Lipinski definition) is 0. The average Bonchev–Trinajstić information content (AvgIpc) is 3.15. The molecule has 5 nitrogen and oxygen atoms in total. The van der Waals surface area contributed by atoms with Crippen LogP contribution in [0.3, 0.4) is 0 Å². The molecule has 5 heteroatoms. The first-order chi connectivity index (χ1) is 13.8.